The molecule has 0 aromatic rings. The molecule has 2 rings (SSSR count). The number of hydrogen-bond donors (Lipinski definition) is 0. The van der Waals surface area contributed by atoms with Crippen LogP contribution in [0.3, 0.4) is 0 Å². The van der Waals surface area contributed by atoms with Gasteiger partial charge in [0.25, 0.3) is 0 Å². The van der Waals surface area contributed by atoms with Crippen molar-refractivity contribution in [2.24, 2.45) is 11.3 Å². The van der Waals surface area contributed by atoms with Crippen LogP contribution in [0.15, 0.2) is 47.6 Å². The van der Waals surface area contributed by atoms with Crippen molar-refractivity contribution < 1.29 is 0 Å². The average Bonchev–Trinajstić information content (AvgIpc) is 2.47. The fourth-order valence-corrected chi connectivity index (χ4v) is 2.14. The Hall–Kier alpha value is -1.04. The maximum absolute atomic E-state index is 2.30. The van der Waals surface area contributed by atoms with Crippen LogP contribution in [0.4, 0.5) is 0 Å². The van der Waals surface area contributed by atoms with Gasteiger partial charge in [0.1, 0.15) is 0 Å². The van der Waals surface area contributed by atoms with E-state index in [9.17, 15) is 0 Å². The van der Waals surface area contributed by atoms with E-state index in [0.29, 0.717) is 11.3 Å². The van der Waals surface area contributed by atoms with Crippen LogP contribution in [-0.4, -0.2) is 0 Å². The van der Waals surface area contributed by atoms with E-state index in [-0.39, 0.29) is 0 Å². The summed E-state index contributed by atoms with van der Waals surface area (Å²) in [5.74, 6) is 0.569. The molecule has 0 heteroatoms. The molecule has 1 unspecified atom stereocenters. The zero-order valence-corrected chi connectivity index (χ0v) is 9.25. The topological polar surface area (TPSA) is 0 Å². The van der Waals surface area contributed by atoms with Crippen molar-refractivity contribution >= 4 is 0 Å². The molecule has 0 aliphatic heterocycles. The van der Waals surface area contributed by atoms with Crippen molar-refractivity contribution in [2.45, 2.75) is 27.2 Å². The highest BCUT2D eigenvalue weighted by atomic mass is 14.3. The number of rotatable bonds is 1. The molecule has 0 spiro atoms. The van der Waals surface area contributed by atoms with Gasteiger partial charge in [-0.05, 0) is 17.4 Å². The standard InChI is InChI=1S/C14H18/c1-14(2,3)10-12-9-8-11-6-4-5-7-13(11)12/h4-9,13H,10H2,1-3H3. The van der Waals surface area contributed by atoms with Gasteiger partial charge in [-0.1, -0.05) is 62.8 Å². The minimum Gasteiger partial charge on any atom is -0.0730 e. The number of hydrogen-bond acceptors (Lipinski definition) is 0. The molecule has 0 amide bonds. The predicted molar refractivity (Wildman–Crippen MR) is 62.0 cm³/mol. The molecule has 0 nitrogen and oxygen atoms in total. The summed E-state index contributed by atoms with van der Waals surface area (Å²) in [6.45, 7) is 6.90. The maximum Gasteiger partial charge on any atom is 0.0234 e. The van der Waals surface area contributed by atoms with Crippen molar-refractivity contribution in [3.05, 3.63) is 47.6 Å². The Morgan fingerprint density at radius 2 is 1.93 bits per heavy atom. The lowest BCUT2D eigenvalue weighted by atomic mass is 9.81. The highest BCUT2D eigenvalue weighted by Crippen LogP contribution is 2.37. The molecule has 0 radical (unpaired) electrons. The first-order valence-electron chi connectivity index (χ1n) is 5.32. The van der Waals surface area contributed by atoms with Crippen molar-refractivity contribution in [3.8, 4) is 0 Å². The lowest BCUT2D eigenvalue weighted by Gasteiger charge is -2.23. The summed E-state index contributed by atoms with van der Waals surface area (Å²) in [6, 6.07) is 0. The predicted octanol–water partition coefficient (Wildman–Crippen LogP) is 4.03. The van der Waals surface area contributed by atoms with E-state index in [1.165, 1.54) is 12.0 Å². The van der Waals surface area contributed by atoms with Gasteiger partial charge in [-0.3, -0.25) is 0 Å². The minimum atomic E-state index is 0.393. The van der Waals surface area contributed by atoms with Gasteiger partial charge < -0.3 is 0 Å². The third kappa shape index (κ3) is 1.89. The van der Waals surface area contributed by atoms with E-state index in [1.807, 2.05) is 0 Å². The molecule has 74 valence electrons. The average molecular weight is 186 g/mol. The van der Waals surface area contributed by atoms with Crippen LogP contribution in [0.25, 0.3) is 0 Å². The molecule has 0 aromatic carbocycles. The Kier molecular flexibility index (Phi) is 2.22. The van der Waals surface area contributed by atoms with Gasteiger partial charge in [0.15, 0.2) is 0 Å². The summed E-state index contributed by atoms with van der Waals surface area (Å²) in [5, 5.41) is 0. The Morgan fingerprint density at radius 1 is 1.14 bits per heavy atom. The molecule has 0 aromatic heterocycles. The van der Waals surface area contributed by atoms with E-state index >= 15 is 0 Å². The van der Waals surface area contributed by atoms with Crippen LogP contribution in [0.1, 0.15) is 27.2 Å². The smallest absolute Gasteiger partial charge is 0.0234 e. The Morgan fingerprint density at radius 3 is 2.64 bits per heavy atom. The second-order valence-electron chi connectivity index (χ2n) is 5.37. The first-order valence-corrected chi connectivity index (χ1v) is 5.32. The summed E-state index contributed by atoms with van der Waals surface area (Å²) in [6.07, 6.45) is 14.5. The highest BCUT2D eigenvalue weighted by Gasteiger charge is 2.23. The fraction of sp³-hybridized carbons (Fsp3) is 0.429. The van der Waals surface area contributed by atoms with E-state index in [0.717, 1.165) is 0 Å². The van der Waals surface area contributed by atoms with E-state index in [4.69, 9.17) is 0 Å². The second kappa shape index (κ2) is 3.27. The van der Waals surface area contributed by atoms with Crippen LogP contribution in [-0.2, 0) is 0 Å². The maximum atomic E-state index is 2.30. The molecule has 0 heterocycles. The molecule has 1 atom stereocenters. The van der Waals surface area contributed by atoms with Crippen molar-refractivity contribution in [1.29, 1.82) is 0 Å². The summed E-state index contributed by atoms with van der Waals surface area (Å²) in [7, 11) is 0. The zero-order chi connectivity index (χ0) is 10.2. The lowest BCUT2D eigenvalue weighted by Crippen LogP contribution is -2.11. The SMILES string of the molecule is CC(C)(C)CC1=CC=C2C=CC=CC21. The van der Waals surface area contributed by atoms with Gasteiger partial charge in [-0.2, -0.15) is 0 Å². The van der Waals surface area contributed by atoms with Gasteiger partial charge in [0.05, 0.1) is 0 Å². The van der Waals surface area contributed by atoms with Gasteiger partial charge in [-0.25, -0.2) is 0 Å². The quantitative estimate of drug-likeness (QED) is 0.580. The van der Waals surface area contributed by atoms with Gasteiger partial charge in [-0.15, -0.1) is 0 Å². The van der Waals surface area contributed by atoms with E-state index < -0.39 is 0 Å². The Labute approximate surface area is 86.7 Å². The first kappa shape index (κ1) is 9.51. The zero-order valence-electron chi connectivity index (χ0n) is 9.25. The summed E-state index contributed by atoms with van der Waals surface area (Å²) >= 11 is 0. The van der Waals surface area contributed by atoms with Crippen LogP contribution >= 0.6 is 0 Å². The molecule has 0 N–H and O–H groups in total. The first-order chi connectivity index (χ1) is 6.56. The number of fused-ring (bicyclic) bond motifs is 1. The monoisotopic (exact) mass is 186 g/mol. The molecule has 0 bridgehead atoms. The van der Waals surface area contributed by atoms with Gasteiger partial charge in [0, 0.05) is 5.92 Å². The van der Waals surface area contributed by atoms with Gasteiger partial charge >= 0.3 is 0 Å². The van der Waals surface area contributed by atoms with Crippen molar-refractivity contribution in [3.63, 3.8) is 0 Å². The highest BCUT2D eigenvalue weighted by molar-refractivity contribution is 5.47. The molecule has 14 heavy (non-hydrogen) atoms. The fourth-order valence-electron chi connectivity index (χ4n) is 2.14. The molecule has 2 aliphatic carbocycles. The normalized spacial score (nSPS) is 24.6. The molecule has 0 saturated carbocycles. The lowest BCUT2D eigenvalue weighted by molar-refractivity contribution is 0.401. The molecule has 2 aliphatic rings. The summed E-state index contributed by atoms with van der Waals surface area (Å²) in [4.78, 5) is 0. The minimum absolute atomic E-state index is 0.393. The van der Waals surface area contributed by atoms with Crippen LogP contribution < -0.4 is 0 Å². The second-order valence-corrected chi connectivity index (χ2v) is 5.37. The summed E-state index contributed by atoms with van der Waals surface area (Å²) in [5.41, 5.74) is 3.41. The third-order valence-corrected chi connectivity index (χ3v) is 2.69. The Balaban J connectivity index is 2.12. The Bertz CT molecular complexity index is 343. The molecule has 0 fully saturated rings. The van der Waals surface area contributed by atoms with Crippen molar-refractivity contribution in [2.75, 3.05) is 0 Å². The largest absolute Gasteiger partial charge is 0.0730 e. The van der Waals surface area contributed by atoms with Crippen LogP contribution in [0.5, 0.6) is 0 Å². The van der Waals surface area contributed by atoms with Crippen LogP contribution in [0, 0.1) is 11.3 Å². The van der Waals surface area contributed by atoms with Crippen molar-refractivity contribution in [1.82, 2.24) is 0 Å². The molecular weight excluding hydrogens is 168 g/mol. The summed E-state index contributed by atoms with van der Waals surface area (Å²) < 4.78 is 0. The number of allylic oxidation sites excluding steroid dienone is 8. The van der Waals surface area contributed by atoms with E-state index in [2.05, 4.69) is 57.2 Å². The van der Waals surface area contributed by atoms with E-state index in [1.54, 1.807) is 5.57 Å². The van der Waals surface area contributed by atoms with Crippen LogP contribution in [0.2, 0.25) is 0 Å². The molecule has 0 saturated heterocycles. The molecular formula is C14H18. The van der Waals surface area contributed by atoms with Gasteiger partial charge in [0.2, 0.25) is 0 Å². The third-order valence-electron chi connectivity index (χ3n) is 2.69.